The van der Waals surface area contributed by atoms with E-state index in [9.17, 15) is 4.79 Å². The molecule has 3 aromatic carbocycles. The van der Waals surface area contributed by atoms with E-state index in [1.54, 1.807) is 16.7 Å². The van der Waals surface area contributed by atoms with Crippen molar-refractivity contribution in [3.63, 3.8) is 0 Å². The number of benzene rings is 3. The first-order chi connectivity index (χ1) is 14.6. The van der Waals surface area contributed by atoms with E-state index in [0.717, 1.165) is 23.7 Å². The Kier molecular flexibility index (Phi) is 6.60. The molecule has 0 radical (unpaired) electrons. The van der Waals surface area contributed by atoms with Crippen molar-refractivity contribution in [3.05, 3.63) is 66.2 Å². The molecule has 0 atom stereocenters. The summed E-state index contributed by atoms with van der Waals surface area (Å²) in [7, 11) is 0. The van der Waals surface area contributed by atoms with Crippen LogP contribution in [0.4, 0.5) is 11.4 Å². The molecule has 1 aliphatic rings. The van der Waals surface area contributed by atoms with Crippen LogP contribution in [0.15, 0.2) is 65.6 Å². The fourth-order valence-electron chi connectivity index (χ4n) is 4.11. The number of amides is 1. The Balaban J connectivity index is 1.33. The van der Waals surface area contributed by atoms with Crippen molar-refractivity contribution in [1.29, 1.82) is 0 Å². The van der Waals surface area contributed by atoms with Gasteiger partial charge in [-0.15, -0.1) is 11.8 Å². The highest BCUT2D eigenvalue weighted by atomic mass is 32.2. The minimum atomic E-state index is 0.0282. The number of thioether (sulfide) groups is 1. The van der Waals surface area contributed by atoms with E-state index in [4.69, 9.17) is 0 Å². The Labute approximate surface area is 183 Å². The van der Waals surface area contributed by atoms with Gasteiger partial charge in [-0.25, -0.2) is 0 Å². The maximum absolute atomic E-state index is 12.5. The van der Waals surface area contributed by atoms with Crippen LogP contribution in [0.25, 0.3) is 10.8 Å². The molecule has 0 saturated carbocycles. The van der Waals surface area contributed by atoms with Crippen LogP contribution in [0, 0.1) is 6.92 Å². The van der Waals surface area contributed by atoms with Crippen molar-refractivity contribution in [2.45, 2.75) is 18.7 Å². The monoisotopic (exact) mass is 420 g/mol. The predicted octanol–water partition coefficient (Wildman–Crippen LogP) is 3.60. The van der Waals surface area contributed by atoms with Crippen molar-refractivity contribution in [2.75, 3.05) is 48.7 Å². The lowest BCUT2D eigenvalue weighted by Gasteiger charge is -2.34. The fourth-order valence-corrected chi connectivity index (χ4v) is 4.85. The molecule has 0 bridgehead atoms. The van der Waals surface area contributed by atoms with Crippen LogP contribution < -0.4 is 15.1 Å². The number of fused-ring (bicyclic) bond motifs is 1. The van der Waals surface area contributed by atoms with Crippen LogP contribution in [0.2, 0.25) is 0 Å². The molecule has 30 heavy (non-hydrogen) atoms. The van der Waals surface area contributed by atoms with E-state index in [2.05, 4.69) is 66.5 Å². The maximum Gasteiger partial charge on any atom is 0.234 e. The van der Waals surface area contributed by atoms with E-state index in [0.29, 0.717) is 5.75 Å². The summed E-state index contributed by atoms with van der Waals surface area (Å²) in [4.78, 5) is 17.7. The lowest BCUT2D eigenvalue weighted by molar-refractivity contribution is -0.898. The van der Waals surface area contributed by atoms with Gasteiger partial charge in [0.15, 0.2) is 0 Å². The van der Waals surface area contributed by atoms with Gasteiger partial charge in [0.25, 0.3) is 0 Å². The third-order valence-corrected chi connectivity index (χ3v) is 6.88. The number of nitrogens with zero attached hydrogens (tertiary/aromatic N) is 1. The second-order valence-corrected chi connectivity index (χ2v) is 8.99. The number of quaternary nitrogens is 1. The molecule has 4 rings (SSSR count). The van der Waals surface area contributed by atoms with Gasteiger partial charge in [-0.2, -0.15) is 0 Å². The van der Waals surface area contributed by atoms with E-state index in [-0.39, 0.29) is 5.91 Å². The largest absolute Gasteiger partial charge is 0.360 e. The van der Waals surface area contributed by atoms with Crippen LogP contribution in [-0.4, -0.2) is 44.4 Å². The fraction of sp³-hybridized carbons (Fsp3) is 0.320. The SMILES string of the molecule is CC[NH+]1CCN(c2ccc(NC(=O)CSc3ccc4ccccc4c3)cc2C)CC1. The van der Waals surface area contributed by atoms with Gasteiger partial charge in [0.2, 0.25) is 5.91 Å². The quantitative estimate of drug-likeness (QED) is 0.598. The van der Waals surface area contributed by atoms with Gasteiger partial charge >= 0.3 is 0 Å². The number of likely N-dealkylation sites (N-methyl/N-ethyl adjacent to an activating group) is 1. The molecule has 0 spiro atoms. The first-order valence-corrected chi connectivity index (χ1v) is 11.7. The van der Waals surface area contributed by atoms with Gasteiger partial charge in [-0.05, 0) is 60.5 Å². The number of carbonyl (C=O) groups excluding carboxylic acids is 1. The molecule has 1 fully saturated rings. The highest BCUT2D eigenvalue weighted by Gasteiger charge is 2.20. The number of rotatable bonds is 6. The minimum Gasteiger partial charge on any atom is -0.360 e. The summed E-state index contributed by atoms with van der Waals surface area (Å²) in [5.41, 5.74) is 3.38. The summed E-state index contributed by atoms with van der Waals surface area (Å²) in [5, 5.41) is 5.48. The summed E-state index contributed by atoms with van der Waals surface area (Å²) in [6.45, 7) is 10.2. The van der Waals surface area contributed by atoms with Crippen molar-refractivity contribution in [2.24, 2.45) is 0 Å². The first-order valence-electron chi connectivity index (χ1n) is 10.7. The number of carbonyl (C=O) groups is 1. The lowest BCUT2D eigenvalue weighted by atomic mass is 10.1. The second-order valence-electron chi connectivity index (χ2n) is 7.94. The molecular weight excluding hydrogens is 390 g/mol. The van der Waals surface area contributed by atoms with Crippen LogP contribution in [-0.2, 0) is 4.79 Å². The van der Waals surface area contributed by atoms with Crippen LogP contribution in [0.1, 0.15) is 12.5 Å². The highest BCUT2D eigenvalue weighted by molar-refractivity contribution is 8.00. The van der Waals surface area contributed by atoms with Gasteiger partial charge in [0.1, 0.15) is 0 Å². The Morgan fingerprint density at radius 3 is 2.53 bits per heavy atom. The zero-order valence-electron chi connectivity index (χ0n) is 17.8. The van der Waals surface area contributed by atoms with Gasteiger partial charge < -0.3 is 15.1 Å². The van der Waals surface area contributed by atoms with Gasteiger partial charge in [-0.1, -0.05) is 30.3 Å². The number of aryl methyl sites for hydroxylation is 1. The van der Waals surface area contributed by atoms with E-state index < -0.39 is 0 Å². The highest BCUT2D eigenvalue weighted by Crippen LogP contribution is 2.26. The molecule has 1 aliphatic heterocycles. The van der Waals surface area contributed by atoms with E-state index in [1.165, 1.54) is 41.7 Å². The summed E-state index contributed by atoms with van der Waals surface area (Å²) < 4.78 is 0. The van der Waals surface area contributed by atoms with Crippen molar-refractivity contribution >= 4 is 39.8 Å². The summed E-state index contributed by atoms with van der Waals surface area (Å²) in [5.74, 6) is 0.432. The standard InChI is InChI=1S/C25H29N3OS/c1-3-27-12-14-28(15-13-27)24-11-9-22(16-19(24)2)26-25(29)18-30-23-10-8-20-6-4-5-7-21(20)17-23/h4-11,16-17H,3,12-15,18H2,1-2H3,(H,26,29)/p+1. The Morgan fingerprint density at radius 1 is 1.03 bits per heavy atom. The lowest BCUT2D eigenvalue weighted by Crippen LogP contribution is -3.14. The van der Waals surface area contributed by atoms with Crippen molar-refractivity contribution < 1.29 is 9.69 Å². The van der Waals surface area contributed by atoms with E-state index >= 15 is 0 Å². The number of nitrogens with one attached hydrogen (secondary N) is 2. The Morgan fingerprint density at radius 2 is 1.80 bits per heavy atom. The zero-order valence-corrected chi connectivity index (χ0v) is 18.6. The maximum atomic E-state index is 12.5. The average Bonchev–Trinajstić information content (AvgIpc) is 2.78. The number of hydrogen-bond acceptors (Lipinski definition) is 3. The van der Waals surface area contributed by atoms with Crippen LogP contribution in [0.5, 0.6) is 0 Å². The summed E-state index contributed by atoms with van der Waals surface area (Å²) >= 11 is 1.57. The Hall–Kier alpha value is -2.50. The number of hydrogen-bond donors (Lipinski definition) is 2. The molecular formula is C25H30N3OS+. The topological polar surface area (TPSA) is 36.8 Å². The van der Waals surface area contributed by atoms with Crippen molar-refractivity contribution in [1.82, 2.24) is 0 Å². The van der Waals surface area contributed by atoms with Crippen molar-refractivity contribution in [3.8, 4) is 0 Å². The van der Waals surface area contributed by atoms with Crippen LogP contribution in [0.3, 0.4) is 0 Å². The average molecular weight is 421 g/mol. The normalized spacial score (nSPS) is 14.8. The third kappa shape index (κ3) is 4.97. The smallest absolute Gasteiger partial charge is 0.234 e. The molecule has 4 nitrogen and oxygen atoms in total. The molecule has 2 N–H and O–H groups in total. The first kappa shape index (κ1) is 20.8. The van der Waals surface area contributed by atoms with Gasteiger partial charge in [0, 0.05) is 16.3 Å². The van der Waals surface area contributed by atoms with Crippen LogP contribution >= 0.6 is 11.8 Å². The van der Waals surface area contributed by atoms with Gasteiger partial charge in [0.05, 0.1) is 38.5 Å². The molecule has 0 aliphatic carbocycles. The molecule has 0 aromatic heterocycles. The number of anilines is 2. The summed E-state index contributed by atoms with van der Waals surface area (Å²) in [6.07, 6.45) is 0. The third-order valence-electron chi connectivity index (χ3n) is 5.88. The predicted molar refractivity (Wildman–Crippen MR) is 128 cm³/mol. The molecule has 1 amide bonds. The molecule has 1 saturated heterocycles. The molecule has 3 aromatic rings. The summed E-state index contributed by atoms with van der Waals surface area (Å²) in [6, 6.07) is 20.9. The molecule has 156 valence electrons. The zero-order chi connectivity index (χ0) is 20.9. The Bertz CT molecular complexity index is 1030. The molecule has 1 heterocycles. The second kappa shape index (κ2) is 9.54. The minimum absolute atomic E-state index is 0.0282. The molecule has 0 unspecified atom stereocenters. The molecule has 5 heteroatoms. The van der Waals surface area contributed by atoms with Gasteiger partial charge in [-0.3, -0.25) is 4.79 Å². The van der Waals surface area contributed by atoms with E-state index in [1.807, 2.05) is 18.2 Å². The number of piperazine rings is 1.